The molecule has 5 nitrogen and oxygen atoms in total. The van der Waals surface area contributed by atoms with Crippen molar-refractivity contribution >= 4 is 23.7 Å². The van der Waals surface area contributed by atoms with Crippen LogP contribution < -0.4 is 15.8 Å². The molecule has 0 radical (unpaired) electrons. The smallest absolute Gasteiger partial charge is 0.410 e. The summed E-state index contributed by atoms with van der Waals surface area (Å²) in [4.78, 5) is 15.5. The number of carbonyl (C=O) groups excluding carboxylic acids is 1. The second kappa shape index (κ2) is 6.51. The number of para-hydroxylation sites is 1. The van der Waals surface area contributed by atoms with Gasteiger partial charge in [-0.2, -0.15) is 0 Å². The number of rotatable bonds is 3. The maximum absolute atomic E-state index is 13.7. The molecule has 2 aromatic carbocycles. The predicted molar refractivity (Wildman–Crippen MR) is 80.4 cm³/mol. The van der Waals surface area contributed by atoms with E-state index in [1.54, 1.807) is 37.4 Å². The first kappa shape index (κ1) is 14.5. The van der Waals surface area contributed by atoms with Gasteiger partial charge in [0.2, 0.25) is 0 Å². The van der Waals surface area contributed by atoms with Crippen molar-refractivity contribution in [2.24, 2.45) is 4.99 Å². The van der Waals surface area contributed by atoms with Crippen LogP contribution in [0.4, 0.5) is 20.6 Å². The molecule has 108 valence electrons. The molecular formula is C15H14FN3O2. The van der Waals surface area contributed by atoms with Crippen LogP contribution in [0, 0.1) is 5.82 Å². The average Bonchev–Trinajstić information content (AvgIpc) is 2.45. The molecule has 0 spiro atoms. The zero-order chi connectivity index (χ0) is 15.2. The van der Waals surface area contributed by atoms with Crippen molar-refractivity contribution < 1.29 is 13.9 Å². The number of hydrogen-bond acceptors (Lipinski definition) is 4. The van der Waals surface area contributed by atoms with E-state index in [2.05, 4.69) is 10.3 Å². The number of anilines is 2. The summed E-state index contributed by atoms with van der Waals surface area (Å²) in [6.45, 7) is 0. The Labute approximate surface area is 121 Å². The Morgan fingerprint density at radius 3 is 2.71 bits per heavy atom. The largest absolute Gasteiger partial charge is 0.417 e. The first-order valence-corrected chi connectivity index (χ1v) is 6.15. The summed E-state index contributed by atoms with van der Waals surface area (Å²) in [6, 6.07) is 11.2. The normalized spacial score (nSPS) is 10.6. The number of nitrogens with zero attached hydrogens (tertiary/aromatic N) is 1. The Kier molecular flexibility index (Phi) is 4.50. The van der Waals surface area contributed by atoms with Gasteiger partial charge in [-0.05, 0) is 24.3 Å². The molecule has 0 atom stereocenters. The number of halogens is 1. The lowest BCUT2D eigenvalue weighted by Crippen LogP contribution is -2.17. The van der Waals surface area contributed by atoms with Crippen LogP contribution in [0.1, 0.15) is 5.56 Å². The van der Waals surface area contributed by atoms with Gasteiger partial charge < -0.3 is 10.5 Å². The van der Waals surface area contributed by atoms with Gasteiger partial charge in [-0.25, -0.2) is 9.18 Å². The van der Waals surface area contributed by atoms with Crippen molar-refractivity contribution in [2.75, 3.05) is 18.1 Å². The van der Waals surface area contributed by atoms with Crippen LogP contribution in [-0.2, 0) is 0 Å². The Morgan fingerprint density at radius 1 is 1.33 bits per heavy atom. The average molecular weight is 287 g/mol. The van der Waals surface area contributed by atoms with Crippen molar-refractivity contribution in [3.63, 3.8) is 0 Å². The van der Waals surface area contributed by atoms with Crippen LogP contribution in [0.3, 0.4) is 0 Å². The first-order chi connectivity index (χ1) is 10.1. The van der Waals surface area contributed by atoms with Crippen LogP contribution in [0.15, 0.2) is 47.5 Å². The molecule has 0 fully saturated rings. The molecule has 0 bridgehead atoms. The zero-order valence-corrected chi connectivity index (χ0v) is 11.3. The number of carbonyl (C=O) groups is 1. The van der Waals surface area contributed by atoms with Crippen molar-refractivity contribution in [2.45, 2.75) is 0 Å². The Hall–Kier alpha value is -2.89. The second-order valence-corrected chi connectivity index (χ2v) is 4.18. The Balaban J connectivity index is 2.14. The van der Waals surface area contributed by atoms with Crippen molar-refractivity contribution in [3.05, 3.63) is 53.8 Å². The lowest BCUT2D eigenvalue weighted by atomic mass is 10.1. The summed E-state index contributed by atoms with van der Waals surface area (Å²) in [5, 5.41) is 2.44. The first-order valence-electron chi connectivity index (χ1n) is 6.15. The Morgan fingerprint density at radius 2 is 2.05 bits per heavy atom. The van der Waals surface area contributed by atoms with Crippen LogP contribution in [0.2, 0.25) is 0 Å². The van der Waals surface area contributed by atoms with Crippen LogP contribution in [0.25, 0.3) is 0 Å². The fraction of sp³-hybridized carbons (Fsp3) is 0.0667. The third kappa shape index (κ3) is 3.79. The molecule has 6 heteroatoms. The topological polar surface area (TPSA) is 76.7 Å². The number of aliphatic imine (C=N–C) groups is 1. The van der Waals surface area contributed by atoms with Gasteiger partial charge in [-0.3, -0.25) is 10.3 Å². The van der Waals surface area contributed by atoms with Gasteiger partial charge in [0.15, 0.2) is 0 Å². The maximum Gasteiger partial charge on any atom is 0.417 e. The van der Waals surface area contributed by atoms with E-state index in [-0.39, 0.29) is 11.4 Å². The quantitative estimate of drug-likeness (QED) is 0.672. The third-order valence-corrected chi connectivity index (χ3v) is 2.63. The maximum atomic E-state index is 13.7. The number of nitrogen functional groups attached to an aromatic ring is 1. The van der Waals surface area contributed by atoms with Gasteiger partial charge >= 0.3 is 6.09 Å². The van der Waals surface area contributed by atoms with Crippen molar-refractivity contribution in [1.82, 2.24) is 0 Å². The minimum absolute atomic E-state index is 0.0254. The van der Waals surface area contributed by atoms with E-state index in [9.17, 15) is 9.18 Å². The molecule has 3 N–H and O–H groups in total. The minimum Gasteiger partial charge on any atom is -0.410 e. The summed E-state index contributed by atoms with van der Waals surface area (Å²) in [7, 11) is 1.54. The van der Waals surface area contributed by atoms with Gasteiger partial charge in [0, 0.05) is 24.5 Å². The van der Waals surface area contributed by atoms with Crippen LogP contribution in [0.5, 0.6) is 5.75 Å². The van der Waals surface area contributed by atoms with E-state index in [4.69, 9.17) is 10.5 Å². The third-order valence-electron chi connectivity index (χ3n) is 2.63. The summed E-state index contributed by atoms with van der Waals surface area (Å²) in [5.41, 5.74) is 6.17. The van der Waals surface area contributed by atoms with Gasteiger partial charge in [0.05, 0.1) is 5.69 Å². The Bertz CT molecular complexity index is 672. The fourth-order valence-corrected chi connectivity index (χ4v) is 1.70. The fourth-order valence-electron chi connectivity index (χ4n) is 1.70. The highest BCUT2D eigenvalue weighted by atomic mass is 19.1. The molecular weight excluding hydrogens is 273 g/mol. The molecule has 0 saturated carbocycles. The molecule has 0 heterocycles. The number of nitrogens with two attached hydrogens (primary N) is 1. The predicted octanol–water partition coefficient (Wildman–Crippen LogP) is 3.07. The number of ether oxygens (including phenoxy) is 1. The molecule has 0 aliphatic heterocycles. The molecule has 1 amide bonds. The van der Waals surface area contributed by atoms with E-state index in [1.807, 2.05) is 0 Å². The number of hydrogen-bond donors (Lipinski definition) is 2. The zero-order valence-electron chi connectivity index (χ0n) is 11.3. The summed E-state index contributed by atoms with van der Waals surface area (Å²) in [5.74, 6) is -0.247. The molecule has 0 unspecified atom stereocenters. The van der Waals surface area contributed by atoms with E-state index in [0.29, 0.717) is 11.3 Å². The molecule has 0 aromatic heterocycles. The highest BCUT2D eigenvalue weighted by Crippen LogP contribution is 2.21. The lowest BCUT2D eigenvalue weighted by molar-refractivity contribution is 0.215. The van der Waals surface area contributed by atoms with Crippen molar-refractivity contribution in [1.29, 1.82) is 0 Å². The standard InChI is InChI=1S/C15H14FN3O2/c1-18-9-10-7-11(8-13(16)14(10)17)19-15(20)21-12-5-3-2-4-6-12/h2-9H,17H2,1H3,(H,19,20). The summed E-state index contributed by atoms with van der Waals surface area (Å²) >= 11 is 0. The van der Waals surface area contributed by atoms with E-state index in [1.165, 1.54) is 12.3 Å². The van der Waals surface area contributed by atoms with E-state index < -0.39 is 11.9 Å². The number of amides is 1. The van der Waals surface area contributed by atoms with Crippen LogP contribution in [-0.4, -0.2) is 19.4 Å². The molecule has 0 aliphatic carbocycles. The molecule has 21 heavy (non-hydrogen) atoms. The van der Waals surface area contributed by atoms with Gasteiger partial charge in [0.25, 0.3) is 0 Å². The van der Waals surface area contributed by atoms with E-state index >= 15 is 0 Å². The van der Waals surface area contributed by atoms with E-state index in [0.717, 1.165) is 6.07 Å². The number of nitrogens with one attached hydrogen (secondary N) is 1. The lowest BCUT2D eigenvalue weighted by Gasteiger charge is -2.09. The van der Waals surface area contributed by atoms with Gasteiger partial charge in [-0.15, -0.1) is 0 Å². The summed E-state index contributed by atoms with van der Waals surface area (Å²) in [6.07, 6.45) is 0.691. The monoisotopic (exact) mass is 287 g/mol. The highest BCUT2D eigenvalue weighted by Gasteiger charge is 2.10. The second-order valence-electron chi connectivity index (χ2n) is 4.18. The van der Waals surface area contributed by atoms with Gasteiger partial charge in [-0.1, -0.05) is 18.2 Å². The molecule has 0 saturated heterocycles. The molecule has 2 aromatic rings. The summed E-state index contributed by atoms with van der Waals surface area (Å²) < 4.78 is 18.7. The van der Waals surface area contributed by atoms with Crippen LogP contribution >= 0.6 is 0 Å². The highest BCUT2D eigenvalue weighted by molar-refractivity contribution is 5.92. The molecule has 2 rings (SSSR count). The SMILES string of the molecule is CN=Cc1cc(NC(=O)Oc2ccccc2)cc(F)c1N. The number of benzene rings is 2. The van der Waals surface area contributed by atoms with Gasteiger partial charge in [0.1, 0.15) is 11.6 Å². The van der Waals surface area contributed by atoms with Crippen molar-refractivity contribution in [3.8, 4) is 5.75 Å². The minimum atomic E-state index is -0.718. The molecule has 0 aliphatic rings.